The smallest absolute Gasteiger partial charge is 0.251 e. The van der Waals surface area contributed by atoms with Crippen molar-refractivity contribution in [2.24, 2.45) is 5.92 Å². The number of piperidine rings is 1. The Morgan fingerprint density at radius 3 is 2.88 bits per heavy atom. The molecule has 2 saturated heterocycles. The topological polar surface area (TPSA) is 41.6 Å². The molecule has 0 radical (unpaired) electrons. The van der Waals surface area contributed by atoms with Crippen LogP contribution in [0, 0.1) is 5.92 Å². The lowest BCUT2D eigenvalue weighted by molar-refractivity contribution is -0.143. The lowest BCUT2D eigenvalue weighted by Gasteiger charge is -2.39. The van der Waals surface area contributed by atoms with Gasteiger partial charge in [0.2, 0.25) is 0 Å². The predicted octanol–water partition coefficient (Wildman–Crippen LogP) is 1.01. The molecule has 0 aromatic rings. The Balaban J connectivity index is 1.91. The molecule has 0 aromatic carbocycles. The zero-order valence-corrected chi connectivity index (χ0v) is 10.9. The molecule has 2 heterocycles. The molecule has 1 N–H and O–H groups in total. The van der Waals surface area contributed by atoms with Crippen LogP contribution in [0.5, 0.6) is 0 Å². The predicted molar refractivity (Wildman–Crippen MR) is 66.8 cm³/mol. The quantitative estimate of drug-likeness (QED) is 0.800. The van der Waals surface area contributed by atoms with E-state index >= 15 is 0 Å². The van der Waals surface area contributed by atoms with Crippen LogP contribution in [0.15, 0.2) is 0 Å². The SMILES string of the molecule is CCC1CN(C(=O)C2CCCO2)CCC1NC. The average molecular weight is 240 g/mol. The second kappa shape index (κ2) is 5.83. The van der Waals surface area contributed by atoms with Crippen LogP contribution in [-0.2, 0) is 9.53 Å². The number of carbonyl (C=O) groups is 1. The van der Waals surface area contributed by atoms with E-state index in [1.165, 1.54) is 0 Å². The maximum absolute atomic E-state index is 12.2. The van der Waals surface area contributed by atoms with Crippen LogP contribution in [0.1, 0.15) is 32.6 Å². The molecule has 3 atom stereocenters. The van der Waals surface area contributed by atoms with Gasteiger partial charge in [-0.15, -0.1) is 0 Å². The molecule has 98 valence electrons. The van der Waals surface area contributed by atoms with Crippen molar-refractivity contribution < 1.29 is 9.53 Å². The highest BCUT2D eigenvalue weighted by atomic mass is 16.5. The summed E-state index contributed by atoms with van der Waals surface area (Å²) >= 11 is 0. The maximum atomic E-state index is 12.2. The Hall–Kier alpha value is -0.610. The third kappa shape index (κ3) is 2.80. The first-order valence-electron chi connectivity index (χ1n) is 6.84. The van der Waals surface area contributed by atoms with Crippen LogP contribution in [0.25, 0.3) is 0 Å². The van der Waals surface area contributed by atoms with Crippen molar-refractivity contribution in [2.45, 2.75) is 44.8 Å². The number of carbonyl (C=O) groups excluding carboxylic acids is 1. The van der Waals surface area contributed by atoms with Crippen molar-refractivity contribution in [3.63, 3.8) is 0 Å². The Morgan fingerprint density at radius 1 is 1.47 bits per heavy atom. The first-order valence-corrected chi connectivity index (χ1v) is 6.84. The highest BCUT2D eigenvalue weighted by molar-refractivity contribution is 5.81. The molecule has 0 saturated carbocycles. The molecule has 0 aliphatic carbocycles. The summed E-state index contributed by atoms with van der Waals surface area (Å²) in [5.74, 6) is 0.801. The van der Waals surface area contributed by atoms with Gasteiger partial charge in [0.25, 0.3) is 5.91 Å². The molecule has 0 bridgehead atoms. The van der Waals surface area contributed by atoms with E-state index in [1.807, 2.05) is 11.9 Å². The fourth-order valence-corrected chi connectivity index (χ4v) is 3.00. The molecule has 3 unspecified atom stereocenters. The number of rotatable bonds is 3. The summed E-state index contributed by atoms with van der Waals surface area (Å²) in [5.41, 5.74) is 0. The minimum absolute atomic E-state index is 0.154. The maximum Gasteiger partial charge on any atom is 0.251 e. The molecule has 2 aliphatic rings. The fraction of sp³-hybridized carbons (Fsp3) is 0.923. The van der Waals surface area contributed by atoms with Crippen LogP contribution in [-0.4, -0.2) is 49.7 Å². The molecule has 4 heteroatoms. The number of ether oxygens (including phenoxy) is 1. The summed E-state index contributed by atoms with van der Waals surface area (Å²) in [5, 5.41) is 3.36. The second-order valence-electron chi connectivity index (χ2n) is 5.14. The van der Waals surface area contributed by atoms with Crippen LogP contribution >= 0.6 is 0 Å². The Kier molecular flexibility index (Phi) is 4.40. The molecule has 2 aliphatic heterocycles. The largest absolute Gasteiger partial charge is 0.368 e. The first kappa shape index (κ1) is 12.8. The van der Waals surface area contributed by atoms with Crippen molar-refractivity contribution in [2.75, 3.05) is 26.7 Å². The van der Waals surface area contributed by atoms with Crippen molar-refractivity contribution in [3.8, 4) is 0 Å². The van der Waals surface area contributed by atoms with Gasteiger partial charge in [-0.05, 0) is 32.2 Å². The van der Waals surface area contributed by atoms with E-state index in [-0.39, 0.29) is 12.0 Å². The van der Waals surface area contributed by atoms with E-state index in [9.17, 15) is 4.79 Å². The van der Waals surface area contributed by atoms with Crippen LogP contribution in [0.3, 0.4) is 0 Å². The summed E-state index contributed by atoms with van der Waals surface area (Å²) in [6.45, 7) is 4.72. The summed E-state index contributed by atoms with van der Waals surface area (Å²) in [6.07, 6.45) is 3.97. The van der Waals surface area contributed by atoms with Gasteiger partial charge >= 0.3 is 0 Å². The Labute approximate surface area is 104 Å². The standard InChI is InChI=1S/C13H24N2O2/c1-3-10-9-15(7-6-11(10)14-2)13(16)12-5-4-8-17-12/h10-12,14H,3-9H2,1-2H3. The summed E-state index contributed by atoms with van der Waals surface area (Å²) in [4.78, 5) is 14.2. The molecule has 4 nitrogen and oxygen atoms in total. The summed E-state index contributed by atoms with van der Waals surface area (Å²) in [6, 6.07) is 0.563. The normalized spacial score (nSPS) is 34.0. The average Bonchev–Trinajstić information content (AvgIpc) is 2.90. The van der Waals surface area contributed by atoms with Crippen LogP contribution in [0.2, 0.25) is 0 Å². The molecule has 0 spiro atoms. The molecule has 2 rings (SSSR count). The lowest BCUT2D eigenvalue weighted by Crippen LogP contribution is -2.52. The number of likely N-dealkylation sites (tertiary alicyclic amines) is 1. The first-order chi connectivity index (χ1) is 8.26. The van der Waals surface area contributed by atoms with Gasteiger partial charge in [0.05, 0.1) is 0 Å². The minimum atomic E-state index is -0.154. The Morgan fingerprint density at radius 2 is 2.29 bits per heavy atom. The fourth-order valence-electron chi connectivity index (χ4n) is 3.00. The lowest BCUT2D eigenvalue weighted by atomic mass is 9.90. The third-order valence-corrected chi connectivity index (χ3v) is 4.15. The van der Waals surface area contributed by atoms with E-state index in [0.29, 0.717) is 12.0 Å². The van der Waals surface area contributed by atoms with Gasteiger partial charge in [0.15, 0.2) is 0 Å². The number of nitrogens with zero attached hydrogens (tertiary/aromatic N) is 1. The van der Waals surface area contributed by atoms with Crippen LogP contribution in [0.4, 0.5) is 0 Å². The van der Waals surface area contributed by atoms with Gasteiger partial charge in [-0.3, -0.25) is 4.79 Å². The highest BCUT2D eigenvalue weighted by Gasteiger charge is 2.34. The van der Waals surface area contributed by atoms with Crippen molar-refractivity contribution in [1.82, 2.24) is 10.2 Å². The van der Waals surface area contributed by atoms with Crippen molar-refractivity contribution >= 4 is 5.91 Å². The minimum Gasteiger partial charge on any atom is -0.368 e. The second-order valence-corrected chi connectivity index (χ2v) is 5.14. The van der Waals surface area contributed by atoms with E-state index in [2.05, 4.69) is 12.2 Å². The van der Waals surface area contributed by atoms with Gasteiger partial charge in [-0.2, -0.15) is 0 Å². The monoisotopic (exact) mass is 240 g/mol. The number of hydrogen-bond acceptors (Lipinski definition) is 3. The summed E-state index contributed by atoms with van der Waals surface area (Å²) in [7, 11) is 2.02. The zero-order valence-electron chi connectivity index (χ0n) is 10.9. The van der Waals surface area contributed by atoms with Gasteiger partial charge < -0.3 is 15.0 Å². The van der Waals surface area contributed by atoms with Crippen LogP contribution < -0.4 is 5.32 Å². The Bertz CT molecular complexity index is 264. The molecular weight excluding hydrogens is 216 g/mol. The van der Waals surface area contributed by atoms with Gasteiger partial charge in [0, 0.05) is 25.7 Å². The highest BCUT2D eigenvalue weighted by Crippen LogP contribution is 2.23. The zero-order chi connectivity index (χ0) is 12.3. The molecule has 2 fully saturated rings. The number of amides is 1. The van der Waals surface area contributed by atoms with E-state index in [0.717, 1.165) is 45.4 Å². The number of nitrogens with one attached hydrogen (secondary N) is 1. The molecule has 0 aromatic heterocycles. The van der Waals surface area contributed by atoms with Gasteiger partial charge in [-0.25, -0.2) is 0 Å². The van der Waals surface area contributed by atoms with E-state index in [4.69, 9.17) is 4.74 Å². The molecular formula is C13H24N2O2. The number of hydrogen-bond donors (Lipinski definition) is 1. The van der Waals surface area contributed by atoms with Gasteiger partial charge in [-0.1, -0.05) is 13.3 Å². The molecule has 1 amide bonds. The van der Waals surface area contributed by atoms with E-state index < -0.39 is 0 Å². The molecule has 17 heavy (non-hydrogen) atoms. The van der Waals surface area contributed by atoms with Crippen molar-refractivity contribution in [1.29, 1.82) is 0 Å². The summed E-state index contributed by atoms with van der Waals surface area (Å²) < 4.78 is 5.48. The van der Waals surface area contributed by atoms with Crippen molar-refractivity contribution in [3.05, 3.63) is 0 Å². The van der Waals surface area contributed by atoms with Gasteiger partial charge in [0.1, 0.15) is 6.10 Å². The third-order valence-electron chi connectivity index (χ3n) is 4.15. The van der Waals surface area contributed by atoms with E-state index in [1.54, 1.807) is 0 Å².